The van der Waals surface area contributed by atoms with Crippen LogP contribution in [0.5, 0.6) is 0 Å². The maximum absolute atomic E-state index is 12.9. The summed E-state index contributed by atoms with van der Waals surface area (Å²) in [6.45, 7) is 6.64. The van der Waals surface area contributed by atoms with E-state index < -0.39 is 14.9 Å². The van der Waals surface area contributed by atoms with Crippen LogP contribution in [-0.2, 0) is 16.6 Å². The Morgan fingerprint density at radius 2 is 1.59 bits per heavy atom. The minimum Gasteiger partial charge on any atom is -0.296 e. The Balaban J connectivity index is 1.62. The highest BCUT2D eigenvalue weighted by Gasteiger charge is 2.28. The van der Waals surface area contributed by atoms with Crippen molar-refractivity contribution in [3.05, 3.63) is 69.3 Å². The molecule has 27 heavy (non-hydrogen) atoms. The maximum atomic E-state index is 12.9. The molecule has 3 rings (SSSR count). The van der Waals surface area contributed by atoms with Crippen molar-refractivity contribution in [2.75, 3.05) is 26.2 Å². The molecule has 1 fully saturated rings. The number of sulfonamides is 1. The summed E-state index contributed by atoms with van der Waals surface area (Å²) >= 11 is 0. The Bertz CT molecular complexity index is 934. The normalized spacial score (nSPS) is 16.4. The van der Waals surface area contributed by atoms with E-state index >= 15 is 0 Å². The van der Waals surface area contributed by atoms with Crippen LogP contribution in [0.2, 0.25) is 0 Å². The monoisotopic (exact) mass is 389 g/mol. The minimum absolute atomic E-state index is 0.0723. The van der Waals surface area contributed by atoms with Crippen LogP contribution in [0.3, 0.4) is 0 Å². The van der Waals surface area contributed by atoms with Crippen molar-refractivity contribution in [2.24, 2.45) is 0 Å². The Labute approximate surface area is 159 Å². The number of nitro benzene ring substituents is 1. The van der Waals surface area contributed by atoms with Crippen LogP contribution in [0, 0.1) is 24.0 Å². The molecular formula is C19H23N3O4S. The molecule has 7 nitrogen and oxygen atoms in total. The molecule has 0 aliphatic carbocycles. The summed E-state index contributed by atoms with van der Waals surface area (Å²) in [4.78, 5) is 12.8. The van der Waals surface area contributed by atoms with Crippen molar-refractivity contribution in [1.29, 1.82) is 0 Å². The summed E-state index contributed by atoms with van der Waals surface area (Å²) in [6, 6.07) is 11.7. The lowest BCUT2D eigenvalue weighted by Gasteiger charge is -2.34. The first kappa shape index (κ1) is 19.5. The van der Waals surface area contributed by atoms with Gasteiger partial charge < -0.3 is 0 Å². The molecule has 1 aliphatic rings. The Kier molecular flexibility index (Phi) is 5.59. The van der Waals surface area contributed by atoms with Crippen LogP contribution in [0.4, 0.5) is 5.69 Å². The van der Waals surface area contributed by atoms with E-state index in [0.717, 1.165) is 16.7 Å². The second-order valence-electron chi connectivity index (χ2n) is 6.85. The fraction of sp³-hybridized carbons (Fsp3) is 0.368. The minimum atomic E-state index is -3.48. The average Bonchev–Trinajstić information content (AvgIpc) is 2.65. The van der Waals surface area contributed by atoms with E-state index in [2.05, 4.69) is 4.90 Å². The molecule has 0 aromatic heterocycles. The molecule has 8 heteroatoms. The van der Waals surface area contributed by atoms with Gasteiger partial charge in [-0.3, -0.25) is 15.0 Å². The maximum Gasteiger partial charge on any atom is 0.269 e. The number of aryl methyl sites for hydroxylation is 2. The van der Waals surface area contributed by atoms with Crippen molar-refractivity contribution in [3.8, 4) is 0 Å². The predicted octanol–water partition coefficient (Wildman–Crippen LogP) is 2.72. The number of nitrogens with zero attached hydrogens (tertiary/aromatic N) is 3. The first-order chi connectivity index (χ1) is 12.8. The Morgan fingerprint density at radius 3 is 2.15 bits per heavy atom. The van der Waals surface area contributed by atoms with Gasteiger partial charge in [0.1, 0.15) is 0 Å². The topological polar surface area (TPSA) is 83.8 Å². The highest BCUT2D eigenvalue weighted by Crippen LogP contribution is 2.21. The zero-order valence-corrected chi connectivity index (χ0v) is 16.3. The van der Waals surface area contributed by atoms with Gasteiger partial charge in [0.2, 0.25) is 10.0 Å². The van der Waals surface area contributed by atoms with E-state index in [4.69, 9.17) is 0 Å². The molecule has 0 atom stereocenters. The summed E-state index contributed by atoms with van der Waals surface area (Å²) in [7, 11) is -3.48. The number of nitro groups is 1. The fourth-order valence-corrected chi connectivity index (χ4v) is 4.64. The van der Waals surface area contributed by atoms with E-state index in [1.807, 2.05) is 19.9 Å². The van der Waals surface area contributed by atoms with Gasteiger partial charge in [-0.1, -0.05) is 18.2 Å². The van der Waals surface area contributed by atoms with Gasteiger partial charge >= 0.3 is 0 Å². The van der Waals surface area contributed by atoms with Crippen LogP contribution in [0.25, 0.3) is 0 Å². The third-order valence-corrected chi connectivity index (χ3v) is 6.90. The molecule has 1 aliphatic heterocycles. The van der Waals surface area contributed by atoms with Gasteiger partial charge in [-0.15, -0.1) is 0 Å². The Hall–Kier alpha value is -2.29. The van der Waals surface area contributed by atoms with E-state index in [-0.39, 0.29) is 5.69 Å². The third-order valence-electron chi connectivity index (χ3n) is 5.00. The molecule has 1 heterocycles. The molecule has 0 N–H and O–H groups in total. The van der Waals surface area contributed by atoms with E-state index in [9.17, 15) is 18.5 Å². The van der Waals surface area contributed by atoms with Gasteiger partial charge in [0, 0.05) is 44.9 Å². The molecule has 0 bridgehead atoms. The first-order valence-corrected chi connectivity index (χ1v) is 10.2. The molecule has 2 aromatic rings. The van der Waals surface area contributed by atoms with E-state index in [1.54, 1.807) is 24.3 Å². The van der Waals surface area contributed by atoms with Crippen LogP contribution in [-0.4, -0.2) is 48.7 Å². The van der Waals surface area contributed by atoms with Crippen LogP contribution >= 0.6 is 0 Å². The fourth-order valence-electron chi connectivity index (χ4n) is 3.13. The highest BCUT2D eigenvalue weighted by molar-refractivity contribution is 7.89. The lowest BCUT2D eigenvalue weighted by atomic mass is 10.1. The predicted molar refractivity (Wildman–Crippen MR) is 103 cm³/mol. The molecule has 0 amide bonds. The average molecular weight is 389 g/mol. The number of hydrogen-bond acceptors (Lipinski definition) is 5. The van der Waals surface area contributed by atoms with Crippen molar-refractivity contribution < 1.29 is 13.3 Å². The number of non-ortho nitro benzene ring substituents is 1. The summed E-state index contributed by atoms with van der Waals surface area (Å²) in [5.74, 6) is 0. The number of piperazine rings is 1. The van der Waals surface area contributed by atoms with E-state index in [0.29, 0.717) is 37.6 Å². The lowest BCUT2D eigenvalue weighted by molar-refractivity contribution is -0.384. The van der Waals surface area contributed by atoms with Crippen molar-refractivity contribution in [1.82, 2.24) is 9.21 Å². The van der Waals surface area contributed by atoms with Crippen molar-refractivity contribution in [3.63, 3.8) is 0 Å². The first-order valence-electron chi connectivity index (χ1n) is 8.80. The van der Waals surface area contributed by atoms with E-state index in [1.165, 1.54) is 16.4 Å². The molecule has 0 spiro atoms. The third kappa shape index (κ3) is 4.35. The molecule has 2 aromatic carbocycles. The van der Waals surface area contributed by atoms with Crippen LogP contribution in [0.1, 0.15) is 16.7 Å². The van der Waals surface area contributed by atoms with Gasteiger partial charge in [-0.2, -0.15) is 4.31 Å². The lowest BCUT2D eigenvalue weighted by Crippen LogP contribution is -2.48. The standard InChI is InChI=1S/C19H23N3O4S/c1-15-3-8-19(13-16(15)2)27(25,26)21-11-9-20(10-12-21)14-17-4-6-18(7-5-17)22(23)24/h3-8,13H,9-12,14H2,1-2H3. The molecular weight excluding hydrogens is 366 g/mol. The summed E-state index contributed by atoms with van der Waals surface area (Å²) in [5, 5.41) is 10.7. The summed E-state index contributed by atoms with van der Waals surface area (Å²) in [5.41, 5.74) is 3.09. The second-order valence-corrected chi connectivity index (χ2v) is 8.79. The molecule has 1 saturated heterocycles. The number of rotatable bonds is 5. The molecule has 144 valence electrons. The number of hydrogen-bond donors (Lipinski definition) is 0. The van der Waals surface area contributed by atoms with Crippen molar-refractivity contribution >= 4 is 15.7 Å². The smallest absolute Gasteiger partial charge is 0.269 e. The molecule has 0 saturated carbocycles. The SMILES string of the molecule is Cc1ccc(S(=O)(=O)N2CCN(Cc3ccc([N+](=O)[O-])cc3)CC2)cc1C. The quantitative estimate of drug-likeness (QED) is 0.580. The van der Waals surface area contributed by atoms with Crippen LogP contribution in [0.15, 0.2) is 47.4 Å². The van der Waals surface area contributed by atoms with Gasteiger partial charge in [-0.05, 0) is 42.7 Å². The Morgan fingerprint density at radius 1 is 0.963 bits per heavy atom. The van der Waals surface area contributed by atoms with Gasteiger partial charge in [-0.25, -0.2) is 8.42 Å². The summed E-state index contributed by atoms with van der Waals surface area (Å²) in [6.07, 6.45) is 0. The highest BCUT2D eigenvalue weighted by atomic mass is 32.2. The molecule has 0 unspecified atom stereocenters. The van der Waals surface area contributed by atoms with Gasteiger partial charge in [0.05, 0.1) is 9.82 Å². The zero-order valence-electron chi connectivity index (χ0n) is 15.5. The second kappa shape index (κ2) is 7.75. The largest absolute Gasteiger partial charge is 0.296 e. The van der Waals surface area contributed by atoms with Crippen molar-refractivity contribution in [2.45, 2.75) is 25.3 Å². The van der Waals surface area contributed by atoms with Crippen LogP contribution < -0.4 is 0 Å². The van der Waals surface area contributed by atoms with Gasteiger partial charge in [0.25, 0.3) is 5.69 Å². The molecule has 0 radical (unpaired) electrons. The number of benzene rings is 2. The summed E-state index contributed by atoms with van der Waals surface area (Å²) < 4.78 is 27.3. The van der Waals surface area contributed by atoms with Gasteiger partial charge in [0.15, 0.2) is 0 Å². The zero-order chi connectivity index (χ0) is 19.6.